The van der Waals surface area contributed by atoms with E-state index in [1.54, 1.807) is 25.1 Å². The van der Waals surface area contributed by atoms with Gasteiger partial charge in [0.15, 0.2) is 5.78 Å². The molecule has 1 aromatic carbocycles. The van der Waals surface area contributed by atoms with Crippen LogP contribution in [0.25, 0.3) is 0 Å². The molecule has 0 spiro atoms. The van der Waals surface area contributed by atoms with Gasteiger partial charge < -0.3 is 0 Å². The van der Waals surface area contributed by atoms with Crippen LogP contribution in [-0.2, 0) is 4.79 Å². The first-order chi connectivity index (χ1) is 6.65. The van der Waals surface area contributed by atoms with Crippen LogP contribution in [-0.4, -0.2) is 11.6 Å². The van der Waals surface area contributed by atoms with E-state index >= 15 is 0 Å². The highest BCUT2D eigenvalue weighted by Gasteiger charge is 2.12. The normalized spacial score (nSPS) is 9.86. The zero-order chi connectivity index (χ0) is 10.6. The molecule has 0 heterocycles. The molecule has 0 aliphatic rings. The Morgan fingerprint density at radius 3 is 2.50 bits per heavy atom. The van der Waals surface area contributed by atoms with Crippen molar-refractivity contribution in [3.63, 3.8) is 0 Å². The molecule has 0 amide bonds. The molecule has 0 atom stereocenters. The molecule has 3 heteroatoms. The van der Waals surface area contributed by atoms with Crippen LogP contribution < -0.4 is 0 Å². The Morgan fingerprint density at radius 1 is 1.29 bits per heavy atom. The fraction of sp³-hybridized carbons (Fsp3) is 0.273. The van der Waals surface area contributed by atoms with Crippen LogP contribution in [0.5, 0.6) is 0 Å². The molecule has 1 rings (SSSR count). The van der Waals surface area contributed by atoms with Crippen molar-refractivity contribution >= 4 is 27.5 Å². The first-order valence-electron chi connectivity index (χ1n) is 4.44. The highest BCUT2D eigenvalue weighted by molar-refractivity contribution is 9.10. The van der Waals surface area contributed by atoms with Crippen molar-refractivity contribution in [1.82, 2.24) is 0 Å². The van der Waals surface area contributed by atoms with E-state index in [4.69, 9.17) is 0 Å². The van der Waals surface area contributed by atoms with Gasteiger partial charge in [0.2, 0.25) is 0 Å². The molecular formula is C11H11BrO2. The van der Waals surface area contributed by atoms with Crippen LogP contribution in [0.4, 0.5) is 0 Å². The number of carbonyl (C=O) groups excluding carboxylic acids is 2. The molecule has 1 aromatic rings. The van der Waals surface area contributed by atoms with Gasteiger partial charge in [-0.25, -0.2) is 0 Å². The first kappa shape index (κ1) is 11.1. The molecule has 74 valence electrons. The fourth-order valence-electron chi connectivity index (χ4n) is 1.09. The van der Waals surface area contributed by atoms with Crippen LogP contribution in [0.2, 0.25) is 0 Å². The van der Waals surface area contributed by atoms with Crippen LogP contribution in [0, 0.1) is 0 Å². The number of rotatable bonds is 4. The van der Waals surface area contributed by atoms with Gasteiger partial charge in [-0.2, -0.15) is 0 Å². The summed E-state index contributed by atoms with van der Waals surface area (Å²) in [5.74, 6) is -0.143. The highest BCUT2D eigenvalue weighted by atomic mass is 79.9. The third kappa shape index (κ3) is 2.77. The van der Waals surface area contributed by atoms with Gasteiger partial charge in [-0.3, -0.25) is 9.59 Å². The van der Waals surface area contributed by atoms with Crippen molar-refractivity contribution in [2.45, 2.75) is 19.8 Å². The second kappa shape index (κ2) is 5.05. The molecule has 0 radical (unpaired) electrons. The van der Waals surface area contributed by atoms with Gasteiger partial charge >= 0.3 is 0 Å². The van der Waals surface area contributed by atoms with Crippen molar-refractivity contribution in [3.8, 4) is 0 Å². The summed E-state index contributed by atoms with van der Waals surface area (Å²) in [5.41, 5.74) is 0.578. The second-order valence-corrected chi connectivity index (χ2v) is 3.83. The number of carbonyl (C=O) groups is 2. The van der Waals surface area contributed by atoms with Crippen LogP contribution >= 0.6 is 15.9 Å². The summed E-state index contributed by atoms with van der Waals surface area (Å²) >= 11 is 3.28. The molecule has 0 unspecified atom stereocenters. The SMILES string of the molecule is CCC(=O)CC(=O)c1ccccc1Br. The maximum Gasteiger partial charge on any atom is 0.171 e. The smallest absolute Gasteiger partial charge is 0.171 e. The van der Waals surface area contributed by atoms with Gasteiger partial charge in [0.05, 0.1) is 6.42 Å². The lowest BCUT2D eigenvalue weighted by Gasteiger charge is -2.01. The minimum atomic E-state index is -0.121. The molecule has 0 saturated heterocycles. The number of ketones is 2. The van der Waals surface area contributed by atoms with E-state index < -0.39 is 0 Å². The van der Waals surface area contributed by atoms with Gasteiger partial charge in [0.25, 0.3) is 0 Å². The Hall–Kier alpha value is -0.960. The number of benzene rings is 1. The van der Waals surface area contributed by atoms with Crippen molar-refractivity contribution in [2.75, 3.05) is 0 Å². The number of Topliss-reactive ketones (excluding diaryl/α,β-unsaturated/α-hetero) is 2. The van der Waals surface area contributed by atoms with E-state index in [0.717, 1.165) is 4.47 Å². The van der Waals surface area contributed by atoms with Crippen molar-refractivity contribution < 1.29 is 9.59 Å². The number of hydrogen-bond donors (Lipinski definition) is 0. The topological polar surface area (TPSA) is 34.1 Å². The van der Waals surface area contributed by atoms with Gasteiger partial charge in [-0.1, -0.05) is 41.1 Å². The van der Waals surface area contributed by atoms with E-state index in [0.29, 0.717) is 12.0 Å². The number of halogens is 1. The number of hydrogen-bond acceptors (Lipinski definition) is 2. The molecule has 14 heavy (non-hydrogen) atoms. The standard InChI is InChI=1S/C11H11BrO2/c1-2-8(13)7-11(14)9-5-3-4-6-10(9)12/h3-6H,2,7H2,1H3. The molecule has 2 nitrogen and oxygen atoms in total. The Balaban J connectivity index is 2.80. The Kier molecular flexibility index (Phi) is 4.01. The van der Waals surface area contributed by atoms with E-state index in [1.165, 1.54) is 0 Å². The fourth-order valence-corrected chi connectivity index (χ4v) is 1.59. The zero-order valence-corrected chi connectivity index (χ0v) is 9.50. The Morgan fingerprint density at radius 2 is 1.93 bits per heavy atom. The molecule has 0 saturated carbocycles. The lowest BCUT2D eigenvalue weighted by Crippen LogP contribution is -2.07. The minimum absolute atomic E-state index is 0.000880. The monoisotopic (exact) mass is 254 g/mol. The van der Waals surface area contributed by atoms with Crippen molar-refractivity contribution in [2.24, 2.45) is 0 Å². The third-order valence-corrected chi connectivity index (χ3v) is 2.62. The largest absolute Gasteiger partial charge is 0.299 e. The molecule has 0 bridgehead atoms. The van der Waals surface area contributed by atoms with Gasteiger partial charge in [-0.05, 0) is 6.07 Å². The first-order valence-corrected chi connectivity index (χ1v) is 5.24. The Labute approximate surface area is 91.4 Å². The quantitative estimate of drug-likeness (QED) is 0.612. The van der Waals surface area contributed by atoms with Crippen LogP contribution in [0.1, 0.15) is 30.1 Å². The van der Waals surface area contributed by atoms with E-state index in [1.807, 2.05) is 6.07 Å². The van der Waals surface area contributed by atoms with E-state index in [-0.39, 0.29) is 18.0 Å². The summed E-state index contributed by atoms with van der Waals surface area (Å²) in [7, 11) is 0. The van der Waals surface area contributed by atoms with Crippen LogP contribution in [0.3, 0.4) is 0 Å². The summed E-state index contributed by atoms with van der Waals surface area (Å²) in [6.45, 7) is 1.76. The average Bonchev–Trinajstić information content (AvgIpc) is 2.18. The van der Waals surface area contributed by atoms with Crippen LogP contribution in [0.15, 0.2) is 28.7 Å². The summed E-state index contributed by atoms with van der Waals surface area (Å²) in [6.07, 6.45) is 0.412. The lowest BCUT2D eigenvalue weighted by molar-refractivity contribution is -0.117. The maximum atomic E-state index is 11.6. The zero-order valence-electron chi connectivity index (χ0n) is 7.92. The summed E-state index contributed by atoms with van der Waals surface area (Å²) < 4.78 is 0.744. The summed E-state index contributed by atoms with van der Waals surface area (Å²) in [5, 5.41) is 0. The Bertz CT molecular complexity index is 358. The maximum absolute atomic E-state index is 11.6. The van der Waals surface area contributed by atoms with E-state index in [2.05, 4.69) is 15.9 Å². The average molecular weight is 255 g/mol. The summed E-state index contributed by atoms with van der Waals surface area (Å²) in [6, 6.07) is 7.13. The molecule has 0 N–H and O–H groups in total. The molecule has 0 fully saturated rings. The highest BCUT2D eigenvalue weighted by Crippen LogP contribution is 2.17. The van der Waals surface area contributed by atoms with Gasteiger partial charge in [0.1, 0.15) is 5.78 Å². The van der Waals surface area contributed by atoms with Crippen molar-refractivity contribution in [1.29, 1.82) is 0 Å². The predicted molar refractivity (Wildman–Crippen MR) is 58.4 cm³/mol. The predicted octanol–water partition coefficient (Wildman–Crippen LogP) is 3.00. The molecule has 0 aliphatic carbocycles. The van der Waals surface area contributed by atoms with E-state index in [9.17, 15) is 9.59 Å². The lowest BCUT2D eigenvalue weighted by atomic mass is 10.1. The summed E-state index contributed by atoms with van der Waals surface area (Å²) in [4.78, 5) is 22.7. The molecule has 0 aromatic heterocycles. The second-order valence-electron chi connectivity index (χ2n) is 2.97. The van der Waals surface area contributed by atoms with Gasteiger partial charge in [0, 0.05) is 16.5 Å². The third-order valence-electron chi connectivity index (χ3n) is 1.93. The van der Waals surface area contributed by atoms with Crippen molar-refractivity contribution in [3.05, 3.63) is 34.3 Å². The minimum Gasteiger partial charge on any atom is -0.299 e. The molecule has 0 aliphatic heterocycles. The molecular weight excluding hydrogens is 244 g/mol. The van der Waals surface area contributed by atoms with Gasteiger partial charge in [-0.15, -0.1) is 0 Å².